The lowest BCUT2D eigenvalue weighted by molar-refractivity contribution is 0.596. The highest BCUT2D eigenvalue weighted by molar-refractivity contribution is 7.92. The van der Waals surface area contributed by atoms with Gasteiger partial charge >= 0.3 is 0 Å². The largest absolute Gasteiger partial charge is 0.302 e. The van der Waals surface area contributed by atoms with Crippen LogP contribution < -0.4 is 10.1 Å². The molecular formula is C22H20FN3O2S. The van der Waals surface area contributed by atoms with Crippen molar-refractivity contribution < 1.29 is 12.8 Å². The molecular weight excluding hydrogens is 389 g/mol. The van der Waals surface area contributed by atoms with Crippen molar-refractivity contribution in [1.82, 2.24) is 5.43 Å². The summed E-state index contributed by atoms with van der Waals surface area (Å²) in [6.45, 7) is 1.90. The van der Waals surface area contributed by atoms with Gasteiger partial charge in [0, 0.05) is 12.1 Å². The van der Waals surface area contributed by atoms with E-state index in [9.17, 15) is 12.8 Å². The number of hydrogen-bond donors (Lipinski definition) is 2. The number of nitrogens with zero attached hydrogens (tertiary/aromatic N) is 1. The fourth-order valence-electron chi connectivity index (χ4n) is 3.20. The van der Waals surface area contributed by atoms with Crippen LogP contribution in [0.2, 0.25) is 0 Å². The summed E-state index contributed by atoms with van der Waals surface area (Å²) in [5, 5.41) is 4.36. The summed E-state index contributed by atoms with van der Waals surface area (Å²) in [6, 6.07) is 20.1. The van der Waals surface area contributed by atoms with Crippen LogP contribution in [-0.4, -0.2) is 14.1 Å². The SMILES string of the molecule is Cc1ccc(S(=O)(=O)Nc2ccc(C3=NNC(c4cccc(F)c4)C3)cc2)cc1. The van der Waals surface area contributed by atoms with E-state index in [1.165, 1.54) is 12.1 Å². The minimum atomic E-state index is -3.64. The molecule has 1 aliphatic rings. The van der Waals surface area contributed by atoms with Gasteiger partial charge in [-0.15, -0.1) is 0 Å². The predicted octanol–water partition coefficient (Wildman–Crippen LogP) is 4.37. The van der Waals surface area contributed by atoms with Crippen LogP contribution in [0.25, 0.3) is 0 Å². The van der Waals surface area contributed by atoms with Crippen LogP contribution in [0.5, 0.6) is 0 Å². The second kappa shape index (κ2) is 7.67. The second-order valence-corrected chi connectivity index (χ2v) is 8.68. The molecule has 0 saturated heterocycles. The molecule has 1 aliphatic heterocycles. The van der Waals surface area contributed by atoms with E-state index in [0.717, 1.165) is 22.4 Å². The van der Waals surface area contributed by atoms with Gasteiger partial charge in [0.1, 0.15) is 5.82 Å². The van der Waals surface area contributed by atoms with Crippen LogP contribution in [0, 0.1) is 12.7 Å². The standard InChI is InChI=1S/C22H20FN3O2S/c1-15-5-11-20(12-6-15)29(27,28)26-19-9-7-16(8-10-19)21-14-22(25-24-21)17-3-2-4-18(23)13-17/h2-13,22,25-26H,14H2,1H3. The smallest absolute Gasteiger partial charge is 0.261 e. The minimum absolute atomic E-state index is 0.0829. The molecule has 0 aliphatic carbocycles. The topological polar surface area (TPSA) is 70.6 Å². The van der Waals surface area contributed by atoms with E-state index in [0.29, 0.717) is 12.1 Å². The second-order valence-electron chi connectivity index (χ2n) is 7.00. The number of benzene rings is 3. The maximum Gasteiger partial charge on any atom is 0.261 e. The van der Waals surface area contributed by atoms with Crippen LogP contribution in [0.1, 0.15) is 29.2 Å². The van der Waals surface area contributed by atoms with Gasteiger partial charge < -0.3 is 5.43 Å². The highest BCUT2D eigenvalue weighted by Crippen LogP contribution is 2.26. The fourth-order valence-corrected chi connectivity index (χ4v) is 4.26. The van der Waals surface area contributed by atoms with E-state index in [4.69, 9.17) is 0 Å². The molecule has 0 aromatic heterocycles. The van der Waals surface area contributed by atoms with Gasteiger partial charge in [-0.2, -0.15) is 5.10 Å². The van der Waals surface area contributed by atoms with E-state index in [1.807, 2.05) is 25.1 Å². The molecule has 7 heteroatoms. The highest BCUT2D eigenvalue weighted by Gasteiger charge is 2.21. The Morgan fingerprint density at radius 1 is 1.03 bits per heavy atom. The Hall–Kier alpha value is -3.19. The third kappa shape index (κ3) is 4.30. The fraction of sp³-hybridized carbons (Fsp3) is 0.136. The Morgan fingerprint density at radius 3 is 2.45 bits per heavy atom. The summed E-state index contributed by atoms with van der Waals surface area (Å²) in [6.07, 6.45) is 0.623. The molecule has 3 aromatic rings. The van der Waals surface area contributed by atoms with Crippen LogP contribution in [-0.2, 0) is 10.0 Å². The van der Waals surface area contributed by atoms with Gasteiger partial charge in [-0.25, -0.2) is 12.8 Å². The molecule has 0 amide bonds. The average molecular weight is 409 g/mol. The number of anilines is 1. The highest BCUT2D eigenvalue weighted by atomic mass is 32.2. The summed E-state index contributed by atoms with van der Waals surface area (Å²) in [5.41, 5.74) is 7.07. The van der Waals surface area contributed by atoms with Gasteiger partial charge in [0.2, 0.25) is 0 Å². The summed E-state index contributed by atoms with van der Waals surface area (Å²) < 4.78 is 41.0. The van der Waals surface area contributed by atoms with Gasteiger partial charge in [0.05, 0.1) is 16.6 Å². The quantitative estimate of drug-likeness (QED) is 0.657. The van der Waals surface area contributed by atoms with Gasteiger partial charge in [-0.3, -0.25) is 4.72 Å². The van der Waals surface area contributed by atoms with E-state index in [-0.39, 0.29) is 16.8 Å². The maximum atomic E-state index is 13.4. The molecule has 1 atom stereocenters. The van der Waals surface area contributed by atoms with Crippen LogP contribution in [0.15, 0.2) is 82.8 Å². The van der Waals surface area contributed by atoms with Crippen molar-refractivity contribution in [2.45, 2.75) is 24.3 Å². The molecule has 0 fully saturated rings. The number of sulfonamides is 1. The first-order valence-corrected chi connectivity index (χ1v) is 10.7. The number of rotatable bonds is 5. The molecule has 1 heterocycles. The van der Waals surface area contributed by atoms with Crippen molar-refractivity contribution in [3.8, 4) is 0 Å². The molecule has 1 unspecified atom stereocenters. The van der Waals surface area contributed by atoms with Gasteiger partial charge in [-0.05, 0) is 54.4 Å². The molecule has 0 radical (unpaired) electrons. The number of nitrogens with one attached hydrogen (secondary N) is 2. The predicted molar refractivity (Wildman–Crippen MR) is 112 cm³/mol. The molecule has 0 spiro atoms. The van der Waals surface area contributed by atoms with Crippen LogP contribution in [0.3, 0.4) is 0 Å². The lowest BCUT2D eigenvalue weighted by Gasteiger charge is -2.10. The zero-order valence-corrected chi connectivity index (χ0v) is 16.6. The van der Waals surface area contributed by atoms with Crippen molar-refractivity contribution in [2.75, 3.05) is 4.72 Å². The van der Waals surface area contributed by atoms with E-state index in [2.05, 4.69) is 15.2 Å². The number of hydrazone groups is 1. The molecule has 3 aromatic carbocycles. The molecule has 5 nitrogen and oxygen atoms in total. The number of halogens is 1. The first-order chi connectivity index (χ1) is 13.9. The van der Waals surface area contributed by atoms with Gasteiger partial charge in [0.25, 0.3) is 10.0 Å². The average Bonchev–Trinajstić information content (AvgIpc) is 3.19. The summed E-state index contributed by atoms with van der Waals surface area (Å²) in [5.74, 6) is -0.275. The minimum Gasteiger partial charge on any atom is -0.302 e. The van der Waals surface area contributed by atoms with Gasteiger partial charge in [0.15, 0.2) is 0 Å². The van der Waals surface area contributed by atoms with Crippen LogP contribution in [0.4, 0.5) is 10.1 Å². The summed E-state index contributed by atoms with van der Waals surface area (Å²) in [7, 11) is -3.64. The Kier molecular flexibility index (Phi) is 5.07. The van der Waals surface area contributed by atoms with Crippen molar-refractivity contribution in [3.63, 3.8) is 0 Å². The molecule has 29 heavy (non-hydrogen) atoms. The first kappa shape index (κ1) is 19.1. The Balaban J connectivity index is 1.45. The number of aryl methyl sites for hydroxylation is 1. The van der Waals surface area contributed by atoms with E-state index >= 15 is 0 Å². The third-order valence-corrected chi connectivity index (χ3v) is 6.20. The Labute approximate surface area is 169 Å². The maximum absolute atomic E-state index is 13.4. The lowest BCUT2D eigenvalue weighted by atomic mass is 9.99. The summed E-state index contributed by atoms with van der Waals surface area (Å²) >= 11 is 0. The van der Waals surface area contributed by atoms with Crippen molar-refractivity contribution in [3.05, 3.63) is 95.3 Å². The van der Waals surface area contributed by atoms with Gasteiger partial charge in [-0.1, -0.05) is 42.0 Å². The normalized spacial score (nSPS) is 16.2. The van der Waals surface area contributed by atoms with Crippen molar-refractivity contribution in [2.24, 2.45) is 5.10 Å². The molecule has 148 valence electrons. The third-order valence-electron chi connectivity index (χ3n) is 4.81. The van der Waals surface area contributed by atoms with E-state index in [1.54, 1.807) is 42.5 Å². The molecule has 2 N–H and O–H groups in total. The summed E-state index contributed by atoms with van der Waals surface area (Å²) in [4.78, 5) is 0.217. The Bertz CT molecular complexity index is 1160. The molecule has 4 rings (SSSR count). The number of hydrogen-bond acceptors (Lipinski definition) is 4. The first-order valence-electron chi connectivity index (χ1n) is 9.18. The zero-order valence-electron chi connectivity index (χ0n) is 15.8. The Morgan fingerprint density at radius 2 is 1.76 bits per heavy atom. The van der Waals surface area contributed by atoms with Crippen LogP contribution >= 0.6 is 0 Å². The monoisotopic (exact) mass is 409 g/mol. The van der Waals surface area contributed by atoms with E-state index < -0.39 is 10.0 Å². The van der Waals surface area contributed by atoms with Crippen molar-refractivity contribution >= 4 is 21.4 Å². The zero-order chi connectivity index (χ0) is 20.4. The molecule has 0 saturated carbocycles. The molecule has 0 bridgehead atoms. The van der Waals surface area contributed by atoms with Crippen molar-refractivity contribution in [1.29, 1.82) is 0 Å². The lowest BCUT2D eigenvalue weighted by Crippen LogP contribution is -2.13.